The van der Waals surface area contributed by atoms with Crippen molar-refractivity contribution in [2.75, 3.05) is 0 Å². The van der Waals surface area contributed by atoms with Gasteiger partial charge in [-0.2, -0.15) is 0 Å². The van der Waals surface area contributed by atoms with Crippen LogP contribution in [0.5, 0.6) is 0 Å². The average molecular weight is 227 g/mol. The highest BCUT2D eigenvalue weighted by molar-refractivity contribution is 5.45. The third-order valence-electron chi connectivity index (χ3n) is 2.47. The molecule has 1 aromatic heterocycles. The number of benzene rings is 1. The Kier molecular flexibility index (Phi) is 3.12. The summed E-state index contributed by atoms with van der Waals surface area (Å²) in [6.07, 6.45) is 3.72. The van der Waals surface area contributed by atoms with E-state index in [0.29, 0.717) is 11.6 Å². The van der Waals surface area contributed by atoms with Gasteiger partial charge in [-0.25, -0.2) is 4.98 Å². The van der Waals surface area contributed by atoms with E-state index in [-0.39, 0.29) is 0 Å². The Balaban J connectivity index is 2.39. The van der Waals surface area contributed by atoms with Crippen LogP contribution < -0.4 is 0 Å². The Morgan fingerprint density at radius 3 is 2.59 bits per heavy atom. The monoisotopic (exact) mass is 227 g/mol. The molecule has 2 aromatic rings. The summed E-state index contributed by atoms with van der Waals surface area (Å²) in [7, 11) is 0. The number of rotatable bonds is 3. The molecule has 0 fully saturated rings. The number of hydrogen-bond acceptors (Lipinski definition) is 2. The highest BCUT2D eigenvalue weighted by atomic mass is 15.1. The van der Waals surface area contributed by atoms with Crippen molar-refractivity contribution in [3.8, 4) is 5.69 Å². The Morgan fingerprint density at radius 1 is 1.29 bits per heavy atom. The minimum absolute atomic E-state index is 0.363. The second-order valence-corrected chi connectivity index (χ2v) is 4.02. The van der Waals surface area contributed by atoms with Gasteiger partial charge in [0.15, 0.2) is 0 Å². The first kappa shape index (κ1) is 11.2. The molecule has 5 nitrogen and oxygen atoms in total. The molecule has 2 rings (SSSR count). The van der Waals surface area contributed by atoms with E-state index >= 15 is 0 Å². The highest BCUT2D eigenvalue weighted by Crippen LogP contribution is 2.20. The normalized spacial score (nSPS) is 10.3. The molecular formula is C12H13N5. The molecule has 0 saturated carbocycles. The SMILES string of the molecule is CC(C)c1nccn1-c1ccc(N=[N+]=[N-])cc1. The van der Waals surface area contributed by atoms with E-state index < -0.39 is 0 Å². The molecule has 1 aromatic carbocycles. The van der Waals surface area contributed by atoms with Gasteiger partial charge in [-0.3, -0.25) is 0 Å². The zero-order valence-electron chi connectivity index (χ0n) is 9.78. The summed E-state index contributed by atoms with van der Waals surface area (Å²) < 4.78 is 2.03. The van der Waals surface area contributed by atoms with Crippen LogP contribution in [0.25, 0.3) is 16.1 Å². The van der Waals surface area contributed by atoms with Crippen molar-refractivity contribution in [2.45, 2.75) is 19.8 Å². The Bertz CT molecular complexity index is 547. The molecule has 0 atom stereocenters. The number of nitrogens with zero attached hydrogens (tertiary/aromatic N) is 5. The van der Waals surface area contributed by atoms with Gasteiger partial charge in [0.1, 0.15) is 5.82 Å². The summed E-state index contributed by atoms with van der Waals surface area (Å²) in [6, 6.07) is 7.41. The first-order valence-electron chi connectivity index (χ1n) is 5.41. The van der Waals surface area contributed by atoms with Crippen LogP contribution in [0.1, 0.15) is 25.6 Å². The predicted molar refractivity (Wildman–Crippen MR) is 66.5 cm³/mol. The summed E-state index contributed by atoms with van der Waals surface area (Å²) >= 11 is 0. The Hall–Kier alpha value is -2.26. The van der Waals surface area contributed by atoms with Gasteiger partial charge in [0, 0.05) is 34.6 Å². The maximum absolute atomic E-state index is 8.33. The van der Waals surface area contributed by atoms with Crippen molar-refractivity contribution in [1.29, 1.82) is 0 Å². The fourth-order valence-electron chi connectivity index (χ4n) is 1.69. The molecule has 0 bridgehead atoms. The lowest BCUT2D eigenvalue weighted by molar-refractivity contribution is 0.752. The van der Waals surface area contributed by atoms with Crippen molar-refractivity contribution in [2.24, 2.45) is 5.11 Å². The molecule has 5 heteroatoms. The van der Waals surface area contributed by atoms with Gasteiger partial charge < -0.3 is 4.57 Å². The van der Waals surface area contributed by atoms with Crippen LogP contribution in [0.2, 0.25) is 0 Å². The lowest BCUT2D eigenvalue weighted by Crippen LogP contribution is -2.01. The predicted octanol–water partition coefficient (Wildman–Crippen LogP) is 3.94. The molecule has 0 unspecified atom stereocenters. The molecule has 86 valence electrons. The second kappa shape index (κ2) is 4.72. The van der Waals surface area contributed by atoms with Gasteiger partial charge in [0.05, 0.1) is 0 Å². The minimum Gasteiger partial charge on any atom is -0.304 e. The van der Waals surface area contributed by atoms with Crippen LogP contribution in [0, 0.1) is 0 Å². The topological polar surface area (TPSA) is 66.6 Å². The number of azide groups is 1. The molecule has 0 saturated heterocycles. The van der Waals surface area contributed by atoms with Crippen molar-refractivity contribution >= 4 is 5.69 Å². The number of hydrogen-bond donors (Lipinski definition) is 0. The molecule has 0 N–H and O–H groups in total. The summed E-state index contributed by atoms with van der Waals surface area (Å²) in [4.78, 5) is 7.08. The van der Waals surface area contributed by atoms with Crippen molar-refractivity contribution in [3.63, 3.8) is 0 Å². The molecule has 0 aliphatic rings. The lowest BCUT2D eigenvalue weighted by Gasteiger charge is -2.10. The van der Waals surface area contributed by atoms with Crippen molar-refractivity contribution < 1.29 is 0 Å². The van der Waals surface area contributed by atoms with Gasteiger partial charge in [-0.1, -0.05) is 31.1 Å². The average Bonchev–Trinajstić information content (AvgIpc) is 2.79. The summed E-state index contributed by atoms with van der Waals surface area (Å²) in [5.74, 6) is 1.38. The van der Waals surface area contributed by atoms with E-state index in [1.807, 2.05) is 22.9 Å². The van der Waals surface area contributed by atoms with E-state index in [9.17, 15) is 0 Å². The molecular weight excluding hydrogens is 214 g/mol. The highest BCUT2D eigenvalue weighted by Gasteiger charge is 2.08. The smallest absolute Gasteiger partial charge is 0.115 e. The van der Waals surface area contributed by atoms with E-state index in [4.69, 9.17) is 5.53 Å². The summed E-state index contributed by atoms with van der Waals surface area (Å²) in [5, 5.41) is 3.54. The standard InChI is InChI=1S/C12H13N5/c1-9(2)12-14-7-8-17(12)11-5-3-10(4-6-11)15-16-13/h3-9H,1-2H3. The quantitative estimate of drug-likeness (QED) is 0.445. The molecule has 0 aliphatic heterocycles. The van der Waals surface area contributed by atoms with Gasteiger partial charge in [-0.15, -0.1) is 0 Å². The maximum atomic E-state index is 8.33. The zero-order chi connectivity index (χ0) is 12.3. The fraction of sp³-hybridized carbons (Fsp3) is 0.250. The van der Waals surface area contributed by atoms with Crippen LogP contribution in [0.15, 0.2) is 41.8 Å². The Morgan fingerprint density at radius 2 is 2.00 bits per heavy atom. The van der Waals surface area contributed by atoms with Gasteiger partial charge >= 0.3 is 0 Å². The number of aromatic nitrogens is 2. The molecule has 0 radical (unpaired) electrons. The van der Waals surface area contributed by atoms with Crippen molar-refractivity contribution in [3.05, 3.63) is 52.9 Å². The van der Waals surface area contributed by atoms with Crippen LogP contribution in [0.4, 0.5) is 5.69 Å². The molecule has 0 aliphatic carbocycles. The summed E-state index contributed by atoms with van der Waals surface area (Å²) in [5.41, 5.74) is 9.96. The first-order valence-corrected chi connectivity index (χ1v) is 5.41. The van der Waals surface area contributed by atoms with Gasteiger partial charge in [0.2, 0.25) is 0 Å². The van der Waals surface area contributed by atoms with Gasteiger partial charge in [0.25, 0.3) is 0 Å². The first-order chi connectivity index (χ1) is 8.22. The molecule has 17 heavy (non-hydrogen) atoms. The maximum Gasteiger partial charge on any atom is 0.115 e. The van der Waals surface area contributed by atoms with Crippen LogP contribution in [-0.4, -0.2) is 9.55 Å². The minimum atomic E-state index is 0.363. The second-order valence-electron chi connectivity index (χ2n) is 4.02. The largest absolute Gasteiger partial charge is 0.304 e. The molecule has 0 amide bonds. The third kappa shape index (κ3) is 2.29. The molecule has 1 heterocycles. The summed E-state index contributed by atoms with van der Waals surface area (Å²) in [6.45, 7) is 4.21. The van der Waals surface area contributed by atoms with Crippen LogP contribution in [-0.2, 0) is 0 Å². The third-order valence-corrected chi connectivity index (χ3v) is 2.47. The zero-order valence-corrected chi connectivity index (χ0v) is 9.78. The molecule has 0 spiro atoms. The van der Waals surface area contributed by atoms with E-state index in [1.54, 1.807) is 18.3 Å². The van der Waals surface area contributed by atoms with Crippen LogP contribution >= 0.6 is 0 Å². The lowest BCUT2D eigenvalue weighted by atomic mass is 10.2. The fourth-order valence-corrected chi connectivity index (χ4v) is 1.69. The van der Waals surface area contributed by atoms with E-state index in [2.05, 4.69) is 28.9 Å². The Labute approximate surface area is 99.4 Å². The number of imidazole rings is 1. The van der Waals surface area contributed by atoms with Crippen molar-refractivity contribution in [1.82, 2.24) is 9.55 Å². The van der Waals surface area contributed by atoms with Gasteiger partial charge in [-0.05, 0) is 17.7 Å². The van der Waals surface area contributed by atoms with E-state index in [1.165, 1.54) is 0 Å². The van der Waals surface area contributed by atoms with Crippen LogP contribution in [0.3, 0.4) is 0 Å². The van der Waals surface area contributed by atoms with E-state index in [0.717, 1.165) is 11.5 Å².